The molecule has 0 aliphatic heterocycles. The zero-order valence-corrected chi connectivity index (χ0v) is 10.4. The maximum absolute atomic E-state index is 13.2. The fraction of sp³-hybridized carbons (Fsp3) is 0.500. The van der Waals surface area contributed by atoms with E-state index in [1.54, 1.807) is 7.11 Å². The predicted molar refractivity (Wildman–Crippen MR) is 62.1 cm³/mol. The molecule has 0 heterocycles. The Hall–Kier alpha value is -1.34. The summed E-state index contributed by atoms with van der Waals surface area (Å²) in [6, 6.07) is 0.164. The molecule has 0 radical (unpaired) electrons. The smallest absolute Gasteiger partial charge is 0.185 e. The second-order valence-corrected chi connectivity index (χ2v) is 3.73. The minimum atomic E-state index is -1.45. The third kappa shape index (κ3) is 4.68. The first-order valence-electron chi connectivity index (χ1n) is 5.71. The number of nitrogens with one attached hydrogen (secondary N) is 1. The summed E-state index contributed by atoms with van der Waals surface area (Å²) in [5.74, 6) is -5.78. The van der Waals surface area contributed by atoms with E-state index in [2.05, 4.69) is 5.32 Å². The van der Waals surface area contributed by atoms with Crippen molar-refractivity contribution >= 4 is 5.69 Å². The number of ether oxygens (including phenoxy) is 2. The van der Waals surface area contributed by atoms with Gasteiger partial charge in [-0.15, -0.1) is 0 Å². The molecule has 0 saturated carbocycles. The van der Waals surface area contributed by atoms with Gasteiger partial charge >= 0.3 is 0 Å². The quantitative estimate of drug-likeness (QED) is 0.451. The van der Waals surface area contributed by atoms with Crippen LogP contribution in [-0.2, 0) is 9.47 Å². The van der Waals surface area contributed by atoms with Crippen LogP contribution in [-0.4, -0.2) is 33.5 Å². The molecule has 0 amide bonds. The lowest BCUT2D eigenvalue weighted by molar-refractivity contribution is 0.109. The average molecular weight is 281 g/mol. The van der Waals surface area contributed by atoms with Crippen LogP contribution >= 0.6 is 0 Å². The minimum absolute atomic E-state index is 0.0315. The molecule has 19 heavy (non-hydrogen) atoms. The highest BCUT2D eigenvalue weighted by Gasteiger charge is 2.18. The van der Waals surface area contributed by atoms with Crippen LogP contribution in [0, 0.1) is 23.3 Å². The summed E-state index contributed by atoms with van der Waals surface area (Å²) in [5.41, 5.74) is -0.821. The van der Waals surface area contributed by atoms with Crippen LogP contribution < -0.4 is 5.32 Å². The van der Waals surface area contributed by atoms with E-state index in [4.69, 9.17) is 9.47 Å². The molecular weight excluding hydrogens is 266 g/mol. The molecular formula is C12H15F4NO2. The molecule has 0 saturated heterocycles. The normalized spacial score (nSPS) is 10.8. The van der Waals surface area contributed by atoms with Crippen molar-refractivity contribution in [3.05, 3.63) is 29.3 Å². The third-order valence-electron chi connectivity index (χ3n) is 2.30. The average Bonchev–Trinajstić information content (AvgIpc) is 2.39. The van der Waals surface area contributed by atoms with Crippen LogP contribution in [0.1, 0.15) is 6.42 Å². The van der Waals surface area contributed by atoms with Gasteiger partial charge in [-0.2, -0.15) is 0 Å². The molecule has 0 bridgehead atoms. The van der Waals surface area contributed by atoms with E-state index in [9.17, 15) is 17.6 Å². The first kappa shape index (κ1) is 15.7. The van der Waals surface area contributed by atoms with Crippen LogP contribution in [0.5, 0.6) is 0 Å². The van der Waals surface area contributed by atoms with Crippen molar-refractivity contribution in [3.8, 4) is 0 Å². The molecule has 1 N–H and O–H groups in total. The molecule has 0 aliphatic carbocycles. The van der Waals surface area contributed by atoms with Crippen molar-refractivity contribution in [2.24, 2.45) is 0 Å². The number of halogens is 4. The summed E-state index contributed by atoms with van der Waals surface area (Å²) in [7, 11) is 1.56. The first-order valence-corrected chi connectivity index (χ1v) is 5.71. The van der Waals surface area contributed by atoms with Crippen molar-refractivity contribution in [2.75, 3.05) is 38.8 Å². The SMILES string of the molecule is COCCCOCCNc1c(F)c(F)cc(F)c1F. The van der Waals surface area contributed by atoms with Gasteiger partial charge in [0, 0.05) is 32.9 Å². The van der Waals surface area contributed by atoms with Crippen LogP contribution in [0.15, 0.2) is 6.07 Å². The standard InChI is InChI=1S/C12H15F4NO2/c1-18-4-2-5-19-6-3-17-12-10(15)8(13)7-9(14)11(12)16/h7,17H,2-6H2,1H3. The maximum atomic E-state index is 13.2. The Balaban J connectivity index is 2.41. The van der Waals surface area contributed by atoms with E-state index >= 15 is 0 Å². The molecule has 0 fully saturated rings. The van der Waals surface area contributed by atoms with E-state index in [0.29, 0.717) is 19.6 Å². The molecule has 1 aromatic carbocycles. The third-order valence-corrected chi connectivity index (χ3v) is 2.30. The Labute approximate surface area is 108 Å². The molecule has 1 rings (SSSR count). The molecule has 7 heteroatoms. The van der Waals surface area contributed by atoms with Crippen molar-refractivity contribution < 1.29 is 27.0 Å². The Morgan fingerprint density at radius 3 is 2.21 bits per heavy atom. The van der Waals surface area contributed by atoms with Crippen molar-refractivity contribution in [3.63, 3.8) is 0 Å². The van der Waals surface area contributed by atoms with E-state index < -0.39 is 29.0 Å². The molecule has 0 aliphatic rings. The maximum Gasteiger partial charge on any atom is 0.185 e. The summed E-state index contributed by atoms with van der Waals surface area (Å²) in [6.45, 7) is 1.16. The number of hydrogen-bond acceptors (Lipinski definition) is 3. The number of rotatable bonds is 8. The lowest BCUT2D eigenvalue weighted by Crippen LogP contribution is -2.14. The summed E-state index contributed by atoms with van der Waals surface area (Å²) >= 11 is 0. The zero-order valence-electron chi connectivity index (χ0n) is 10.4. The highest BCUT2D eigenvalue weighted by Crippen LogP contribution is 2.23. The number of methoxy groups -OCH3 is 1. The van der Waals surface area contributed by atoms with Gasteiger partial charge in [-0.3, -0.25) is 0 Å². The van der Waals surface area contributed by atoms with Gasteiger partial charge in [0.2, 0.25) is 0 Å². The van der Waals surface area contributed by atoms with Crippen LogP contribution in [0.25, 0.3) is 0 Å². The van der Waals surface area contributed by atoms with Crippen molar-refractivity contribution in [2.45, 2.75) is 6.42 Å². The molecule has 0 atom stereocenters. The van der Waals surface area contributed by atoms with Gasteiger partial charge in [0.15, 0.2) is 23.3 Å². The van der Waals surface area contributed by atoms with Crippen LogP contribution in [0.4, 0.5) is 23.2 Å². The van der Waals surface area contributed by atoms with Gasteiger partial charge in [0.25, 0.3) is 0 Å². The largest absolute Gasteiger partial charge is 0.385 e. The lowest BCUT2D eigenvalue weighted by Gasteiger charge is -2.10. The monoisotopic (exact) mass is 281 g/mol. The molecule has 1 aromatic rings. The van der Waals surface area contributed by atoms with Gasteiger partial charge in [-0.05, 0) is 6.42 Å². The van der Waals surface area contributed by atoms with Gasteiger partial charge in [0.1, 0.15) is 5.69 Å². The van der Waals surface area contributed by atoms with Gasteiger partial charge in [-0.1, -0.05) is 0 Å². The Morgan fingerprint density at radius 2 is 1.63 bits per heavy atom. The first-order chi connectivity index (χ1) is 9.07. The molecule has 3 nitrogen and oxygen atoms in total. The zero-order chi connectivity index (χ0) is 14.3. The molecule has 0 aromatic heterocycles. The highest BCUT2D eigenvalue weighted by atomic mass is 19.2. The summed E-state index contributed by atoms with van der Waals surface area (Å²) in [5, 5.41) is 2.27. The second-order valence-electron chi connectivity index (χ2n) is 3.73. The Kier molecular flexibility index (Phi) is 6.58. The highest BCUT2D eigenvalue weighted by molar-refractivity contribution is 5.47. The summed E-state index contributed by atoms with van der Waals surface area (Å²) in [6.07, 6.45) is 0.688. The van der Waals surface area contributed by atoms with Gasteiger partial charge < -0.3 is 14.8 Å². The molecule has 0 spiro atoms. The molecule has 0 unspecified atom stereocenters. The van der Waals surface area contributed by atoms with E-state index in [-0.39, 0.29) is 19.2 Å². The van der Waals surface area contributed by atoms with Crippen molar-refractivity contribution in [1.82, 2.24) is 0 Å². The van der Waals surface area contributed by atoms with Gasteiger partial charge in [-0.25, -0.2) is 17.6 Å². The number of benzene rings is 1. The Bertz CT molecular complexity index is 389. The molecule has 108 valence electrons. The number of hydrogen-bond donors (Lipinski definition) is 1. The van der Waals surface area contributed by atoms with Gasteiger partial charge in [0.05, 0.1) is 6.61 Å². The van der Waals surface area contributed by atoms with E-state index in [0.717, 1.165) is 0 Å². The predicted octanol–water partition coefficient (Wildman–Crippen LogP) is 2.71. The Morgan fingerprint density at radius 1 is 1.00 bits per heavy atom. The topological polar surface area (TPSA) is 30.5 Å². The number of anilines is 1. The van der Waals surface area contributed by atoms with Crippen LogP contribution in [0.2, 0.25) is 0 Å². The van der Waals surface area contributed by atoms with Crippen molar-refractivity contribution in [1.29, 1.82) is 0 Å². The lowest BCUT2D eigenvalue weighted by atomic mass is 10.2. The minimum Gasteiger partial charge on any atom is -0.385 e. The van der Waals surface area contributed by atoms with Crippen LogP contribution in [0.3, 0.4) is 0 Å². The van der Waals surface area contributed by atoms with E-state index in [1.807, 2.05) is 0 Å². The fourth-order valence-corrected chi connectivity index (χ4v) is 1.38. The van der Waals surface area contributed by atoms with E-state index in [1.165, 1.54) is 0 Å². The summed E-state index contributed by atoms with van der Waals surface area (Å²) in [4.78, 5) is 0. The fourth-order valence-electron chi connectivity index (χ4n) is 1.38. The second kappa shape index (κ2) is 7.96. The summed E-state index contributed by atoms with van der Waals surface area (Å²) < 4.78 is 62.1.